The van der Waals surface area contributed by atoms with Crippen molar-refractivity contribution in [3.05, 3.63) is 30.1 Å². The van der Waals surface area contributed by atoms with Crippen molar-refractivity contribution in [3.63, 3.8) is 0 Å². The number of pyridine rings is 1. The van der Waals surface area contributed by atoms with Crippen molar-refractivity contribution >= 4 is 0 Å². The molecule has 0 spiro atoms. The minimum absolute atomic E-state index is 0.0902. The summed E-state index contributed by atoms with van der Waals surface area (Å²) >= 11 is 0. The molecule has 1 fully saturated rings. The summed E-state index contributed by atoms with van der Waals surface area (Å²) in [5.74, 6) is 0. The molecule has 0 bridgehead atoms. The number of rotatable bonds is 1. The van der Waals surface area contributed by atoms with Crippen molar-refractivity contribution in [2.75, 3.05) is 6.61 Å². The lowest BCUT2D eigenvalue weighted by molar-refractivity contribution is -0.0230. The number of nitrogens with one attached hydrogen (secondary N) is 1. The summed E-state index contributed by atoms with van der Waals surface area (Å²) in [5, 5.41) is 3.46. The first-order valence-corrected chi connectivity index (χ1v) is 5.06. The number of nitrogens with zero attached hydrogens (tertiary/aromatic N) is 1. The van der Waals surface area contributed by atoms with Gasteiger partial charge < -0.3 is 10.1 Å². The lowest BCUT2D eigenvalue weighted by Crippen LogP contribution is -2.47. The highest BCUT2D eigenvalue weighted by atomic mass is 16.5. The average molecular weight is 192 g/mol. The minimum Gasteiger partial charge on any atom is -0.369 e. The number of hydrogen-bond donors (Lipinski definition) is 1. The quantitative estimate of drug-likeness (QED) is 0.732. The molecule has 1 aromatic heterocycles. The van der Waals surface area contributed by atoms with E-state index in [0.717, 1.165) is 12.3 Å². The van der Waals surface area contributed by atoms with Gasteiger partial charge in [-0.3, -0.25) is 4.98 Å². The summed E-state index contributed by atoms with van der Waals surface area (Å²) < 4.78 is 5.76. The van der Waals surface area contributed by atoms with Gasteiger partial charge in [0, 0.05) is 18.3 Å². The second kappa shape index (κ2) is 4.07. The molecular formula is C11H16N2O. The molecule has 14 heavy (non-hydrogen) atoms. The van der Waals surface area contributed by atoms with Crippen LogP contribution in [0.1, 0.15) is 25.6 Å². The van der Waals surface area contributed by atoms with Crippen molar-refractivity contribution in [2.45, 2.75) is 32.0 Å². The first kappa shape index (κ1) is 9.62. The predicted octanol–water partition coefficient (Wildman–Crippen LogP) is 1.52. The first-order chi connectivity index (χ1) is 6.77. The molecule has 1 aliphatic rings. The summed E-state index contributed by atoms with van der Waals surface area (Å²) in [6, 6.07) is 6.70. The third-order valence-corrected chi connectivity index (χ3v) is 2.51. The van der Waals surface area contributed by atoms with Crippen molar-refractivity contribution in [1.29, 1.82) is 0 Å². The molecule has 1 aromatic rings. The van der Waals surface area contributed by atoms with Gasteiger partial charge in [-0.05, 0) is 26.0 Å². The van der Waals surface area contributed by atoms with Gasteiger partial charge in [-0.2, -0.15) is 0 Å². The molecule has 1 saturated heterocycles. The maximum atomic E-state index is 5.76. The number of aromatic nitrogens is 1. The number of morpholine rings is 1. The molecule has 3 nitrogen and oxygen atoms in total. The Morgan fingerprint density at radius 2 is 2.29 bits per heavy atom. The zero-order chi connectivity index (χ0) is 9.97. The summed E-state index contributed by atoms with van der Waals surface area (Å²) in [6.45, 7) is 5.02. The van der Waals surface area contributed by atoms with Crippen LogP contribution in [0.4, 0.5) is 0 Å². The van der Waals surface area contributed by atoms with Gasteiger partial charge in [0.1, 0.15) is 6.10 Å². The largest absolute Gasteiger partial charge is 0.369 e. The molecule has 2 rings (SSSR count). The fraction of sp³-hybridized carbons (Fsp3) is 0.545. The zero-order valence-corrected chi connectivity index (χ0v) is 8.60. The molecule has 2 heterocycles. The van der Waals surface area contributed by atoms with Gasteiger partial charge >= 0.3 is 0 Å². The Kier molecular flexibility index (Phi) is 2.79. The smallest absolute Gasteiger partial charge is 0.114 e. The van der Waals surface area contributed by atoms with Gasteiger partial charge in [0.05, 0.1) is 12.3 Å². The van der Waals surface area contributed by atoms with E-state index in [0.29, 0.717) is 12.1 Å². The summed E-state index contributed by atoms with van der Waals surface area (Å²) in [7, 11) is 0. The van der Waals surface area contributed by atoms with Crippen LogP contribution in [0, 0.1) is 0 Å². The molecule has 1 aliphatic heterocycles. The van der Waals surface area contributed by atoms with Crippen LogP contribution in [0.25, 0.3) is 0 Å². The normalized spacial score (nSPS) is 32.9. The van der Waals surface area contributed by atoms with Crippen LogP contribution in [0.3, 0.4) is 0 Å². The third kappa shape index (κ3) is 1.94. The highest BCUT2D eigenvalue weighted by Gasteiger charge is 2.27. The van der Waals surface area contributed by atoms with Crippen LogP contribution in [0.15, 0.2) is 24.4 Å². The SMILES string of the molecule is CC1COC(c2ccccn2)C(C)N1. The Morgan fingerprint density at radius 3 is 2.93 bits per heavy atom. The Labute approximate surface area is 84.5 Å². The minimum atomic E-state index is 0.0902. The molecule has 76 valence electrons. The molecule has 0 aliphatic carbocycles. The van der Waals surface area contributed by atoms with E-state index in [1.54, 1.807) is 0 Å². The van der Waals surface area contributed by atoms with E-state index < -0.39 is 0 Å². The van der Waals surface area contributed by atoms with E-state index in [9.17, 15) is 0 Å². The second-order valence-corrected chi connectivity index (χ2v) is 3.86. The molecule has 0 radical (unpaired) electrons. The van der Waals surface area contributed by atoms with Gasteiger partial charge in [0.2, 0.25) is 0 Å². The summed E-state index contributed by atoms with van der Waals surface area (Å²) in [4.78, 5) is 4.31. The van der Waals surface area contributed by atoms with Crippen LogP contribution in [0.2, 0.25) is 0 Å². The van der Waals surface area contributed by atoms with Crippen molar-refractivity contribution in [1.82, 2.24) is 10.3 Å². The fourth-order valence-electron chi connectivity index (χ4n) is 1.86. The van der Waals surface area contributed by atoms with E-state index in [2.05, 4.69) is 24.1 Å². The standard InChI is InChI=1S/C11H16N2O/c1-8-7-14-11(9(2)13-8)10-5-3-4-6-12-10/h3-6,8-9,11,13H,7H2,1-2H3. The van der Waals surface area contributed by atoms with E-state index in [4.69, 9.17) is 4.74 Å². The van der Waals surface area contributed by atoms with Gasteiger partial charge in [0.15, 0.2) is 0 Å². The first-order valence-electron chi connectivity index (χ1n) is 5.06. The van der Waals surface area contributed by atoms with Gasteiger partial charge in [-0.25, -0.2) is 0 Å². The average Bonchev–Trinajstić information content (AvgIpc) is 2.19. The van der Waals surface area contributed by atoms with E-state index in [1.165, 1.54) is 0 Å². The van der Waals surface area contributed by atoms with Crippen molar-refractivity contribution < 1.29 is 4.74 Å². The van der Waals surface area contributed by atoms with Crippen LogP contribution in [-0.4, -0.2) is 23.7 Å². The molecule has 3 atom stereocenters. The lowest BCUT2D eigenvalue weighted by atomic mass is 10.1. The van der Waals surface area contributed by atoms with Gasteiger partial charge in [-0.15, -0.1) is 0 Å². The Bertz CT molecular complexity index is 289. The molecular weight excluding hydrogens is 176 g/mol. The molecule has 1 N–H and O–H groups in total. The Balaban J connectivity index is 2.12. The molecule has 3 heteroatoms. The topological polar surface area (TPSA) is 34.1 Å². The van der Waals surface area contributed by atoms with Crippen molar-refractivity contribution in [3.8, 4) is 0 Å². The van der Waals surface area contributed by atoms with Gasteiger partial charge in [-0.1, -0.05) is 6.07 Å². The van der Waals surface area contributed by atoms with Crippen LogP contribution >= 0.6 is 0 Å². The van der Waals surface area contributed by atoms with Crippen LogP contribution < -0.4 is 5.32 Å². The molecule has 3 unspecified atom stereocenters. The maximum Gasteiger partial charge on any atom is 0.114 e. The molecule has 0 amide bonds. The van der Waals surface area contributed by atoms with Crippen LogP contribution in [0.5, 0.6) is 0 Å². The van der Waals surface area contributed by atoms with Crippen LogP contribution in [-0.2, 0) is 4.74 Å². The number of ether oxygens (including phenoxy) is 1. The predicted molar refractivity (Wildman–Crippen MR) is 55.0 cm³/mol. The van der Waals surface area contributed by atoms with E-state index in [-0.39, 0.29) is 6.10 Å². The van der Waals surface area contributed by atoms with E-state index in [1.807, 2.05) is 24.4 Å². The lowest BCUT2D eigenvalue weighted by Gasteiger charge is -2.33. The monoisotopic (exact) mass is 192 g/mol. The Hall–Kier alpha value is -0.930. The summed E-state index contributed by atoms with van der Waals surface area (Å²) in [5.41, 5.74) is 1.01. The van der Waals surface area contributed by atoms with Gasteiger partial charge in [0.25, 0.3) is 0 Å². The van der Waals surface area contributed by atoms with Crippen molar-refractivity contribution in [2.24, 2.45) is 0 Å². The zero-order valence-electron chi connectivity index (χ0n) is 8.60. The highest BCUT2D eigenvalue weighted by molar-refractivity contribution is 5.10. The number of hydrogen-bond acceptors (Lipinski definition) is 3. The molecule has 0 aromatic carbocycles. The Morgan fingerprint density at radius 1 is 1.43 bits per heavy atom. The maximum absolute atomic E-state index is 5.76. The highest BCUT2D eigenvalue weighted by Crippen LogP contribution is 2.22. The fourth-order valence-corrected chi connectivity index (χ4v) is 1.86. The van der Waals surface area contributed by atoms with E-state index >= 15 is 0 Å². The second-order valence-electron chi connectivity index (χ2n) is 3.86. The third-order valence-electron chi connectivity index (χ3n) is 2.51. The molecule has 0 saturated carbocycles. The summed E-state index contributed by atoms with van der Waals surface area (Å²) in [6.07, 6.45) is 1.90.